The summed E-state index contributed by atoms with van der Waals surface area (Å²) in [5.41, 5.74) is 7.32. The smallest absolute Gasteiger partial charge is 0.407 e. The lowest BCUT2D eigenvalue weighted by Crippen LogP contribution is -2.52. The Labute approximate surface area is 456 Å². The summed E-state index contributed by atoms with van der Waals surface area (Å²) in [7, 11) is 0. The molecule has 80 heavy (non-hydrogen) atoms. The van der Waals surface area contributed by atoms with Gasteiger partial charge in [0.25, 0.3) is 5.56 Å². The second-order valence-electron chi connectivity index (χ2n) is 20.1. The quantitative estimate of drug-likeness (QED) is 0.0406. The number of esters is 1. The summed E-state index contributed by atoms with van der Waals surface area (Å²) in [5.74, 6) is -4.03. The molecule has 11 rings (SSSR count). The maximum atomic E-state index is 15.5. The zero-order valence-electron chi connectivity index (χ0n) is 43.6. The molecule has 6 N–H and O–H groups in total. The summed E-state index contributed by atoms with van der Waals surface area (Å²) < 4.78 is 35.2. The van der Waals surface area contributed by atoms with Gasteiger partial charge < -0.3 is 50.5 Å². The van der Waals surface area contributed by atoms with Crippen molar-refractivity contribution in [3.8, 4) is 22.5 Å². The molecule has 4 aromatic carbocycles. The number of nitrogens with zero attached hydrogens (tertiary/aromatic N) is 5. The molecule has 5 amide bonds. The third-order valence-electron chi connectivity index (χ3n) is 15.4. The van der Waals surface area contributed by atoms with Gasteiger partial charge in [-0.25, -0.2) is 23.6 Å². The minimum atomic E-state index is -2.02. The Hall–Kier alpha value is -9.15. The van der Waals surface area contributed by atoms with Gasteiger partial charge in [0.05, 0.1) is 60.9 Å². The van der Waals surface area contributed by atoms with E-state index in [2.05, 4.69) is 36.9 Å². The lowest BCUT2D eigenvalue weighted by atomic mass is 9.81. The standard InChI is InChI=1S/C58H55FN10O11/c1-3-58(77)42-20-47-53-39(26-68(47)55(74)41(42)29-79-56(58)75)52-46(18-17-34-31(2)43(59)21-44(65-53)51(34)52)69-25-33(66-67-69)27-78-30-63-49(71)22-61-54(73)45(19-32-11-5-4-6-12-32)64-50(72)24-60-48(70)23-62-57(76)80-28-40-37-15-9-7-13-35(37)36-14-8-10-16-38(36)40/h4-16,20-21,25,40,45-46,77H,3,17-19,22-24,26-30H2,1-2H3,(H,60,70)(H,61,73)(H,62,76)(H,63,71)(H,64,72)/t45?,46-,58-/m0/s1. The van der Waals surface area contributed by atoms with Gasteiger partial charge in [-0.3, -0.25) is 24.0 Å². The highest BCUT2D eigenvalue weighted by Gasteiger charge is 2.46. The first-order valence-electron chi connectivity index (χ1n) is 26.2. The van der Waals surface area contributed by atoms with Crippen LogP contribution in [-0.4, -0.2) is 104 Å². The van der Waals surface area contributed by atoms with Gasteiger partial charge in [-0.05, 0) is 76.8 Å². The number of alkyl carbamates (subject to hydrolysis) is 1. The fourth-order valence-corrected chi connectivity index (χ4v) is 11.3. The van der Waals surface area contributed by atoms with Crippen LogP contribution in [0, 0.1) is 12.7 Å². The number of ether oxygens (including phenoxy) is 3. The van der Waals surface area contributed by atoms with Crippen molar-refractivity contribution >= 4 is 46.6 Å². The lowest BCUT2D eigenvalue weighted by molar-refractivity contribution is -0.172. The molecular formula is C58H55FN10O11. The minimum Gasteiger partial charge on any atom is -0.458 e. The molecule has 4 aliphatic rings. The monoisotopic (exact) mass is 1090 g/mol. The van der Waals surface area contributed by atoms with Gasteiger partial charge in [-0.15, -0.1) is 5.10 Å². The van der Waals surface area contributed by atoms with Gasteiger partial charge in [-0.1, -0.05) is 91.0 Å². The van der Waals surface area contributed by atoms with E-state index in [0.29, 0.717) is 41.0 Å². The maximum Gasteiger partial charge on any atom is 0.407 e. The first-order valence-corrected chi connectivity index (χ1v) is 26.2. The molecule has 21 nitrogen and oxygen atoms in total. The summed E-state index contributed by atoms with van der Waals surface area (Å²) in [5, 5.41) is 33.6. The van der Waals surface area contributed by atoms with Gasteiger partial charge in [-0.2, -0.15) is 0 Å². The SMILES string of the molecule is CC[C@@]1(O)C(=O)OCc2c1cc1n(c2=O)Cc2c-1nc1cc(F)c(C)c3c1c2[C@@H](n1cc(COCNC(=O)CNC(=O)C(Cc2ccccc2)NC(=O)CNC(=O)CNC(=O)OCC2c4ccccc4-c4ccccc42)nn1)CC3. The van der Waals surface area contributed by atoms with E-state index < -0.39 is 84.4 Å². The third-order valence-corrected chi connectivity index (χ3v) is 15.4. The number of benzene rings is 4. The number of aryl methyl sites for hydroxylation is 1. The molecular weight excluding hydrogens is 1030 g/mol. The second-order valence-corrected chi connectivity index (χ2v) is 20.1. The molecule has 0 radical (unpaired) electrons. The fraction of sp³-hybridized carbons (Fsp3) is 0.310. The average Bonchev–Trinajstić information content (AvgIpc) is 4.37. The number of amides is 5. The van der Waals surface area contributed by atoms with Crippen molar-refractivity contribution in [3.05, 3.63) is 169 Å². The molecule has 3 atom stereocenters. The molecule has 1 unspecified atom stereocenters. The average molecular weight is 1090 g/mol. The molecule has 0 saturated heterocycles. The van der Waals surface area contributed by atoms with Crippen LogP contribution < -0.4 is 32.1 Å². The highest BCUT2D eigenvalue weighted by atomic mass is 19.1. The van der Waals surface area contributed by atoms with Crippen LogP contribution in [0.5, 0.6) is 0 Å². The van der Waals surface area contributed by atoms with Gasteiger partial charge in [0.1, 0.15) is 44.0 Å². The predicted molar refractivity (Wildman–Crippen MR) is 285 cm³/mol. The molecule has 0 saturated carbocycles. The zero-order chi connectivity index (χ0) is 55.8. The molecule has 22 heteroatoms. The van der Waals surface area contributed by atoms with Crippen LogP contribution in [0.3, 0.4) is 0 Å². The Bertz CT molecular complexity index is 3690. The molecule has 7 aromatic rings. The first-order chi connectivity index (χ1) is 38.7. The van der Waals surface area contributed by atoms with Crippen molar-refractivity contribution in [2.24, 2.45) is 0 Å². The van der Waals surface area contributed by atoms with Crippen LogP contribution in [0.1, 0.15) is 87.5 Å². The van der Waals surface area contributed by atoms with Gasteiger partial charge in [0.15, 0.2) is 5.60 Å². The maximum absolute atomic E-state index is 15.5. The van der Waals surface area contributed by atoms with Gasteiger partial charge in [0.2, 0.25) is 23.6 Å². The summed E-state index contributed by atoms with van der Waals surface area (Å²) in [6.45, 7) is 1.50. The number of aliphatic hydroxyl groups is 1. The van der Waals surface area contributed by atoms with E-state index in [9.17, 15) is 38.7 Å². The number of nitrogens with one attached hydrogen (secondary N) is 5. The summed E-state index contributed by atoms with van der Waals surface area (Å²) >= 11 is 0. The van der Waals surface area contributed by atoms with E-state index >= 15 is 4.39 Å². The Morgan fingerprint density at radius 1 is 0.863 bits per heavy atom. The molecule has 2 aliphatic carbocycles. The number of aromatic nitrogens is 5. The van der Waals surface area contributed by atoms with E-state index in [1.54, 1.807) is 65.7 Å². The Kier molecular flexibility index (Phi) is 14.5. The van der Waals surface area contributed by atoms with E-state index in [0.717, 1.165) is 49.9 Å². The third kappa shape index (κ3) is 10.0. The van der Waals surface area contributed by atoms with Crippen molar-refractivity contribution < 1.29 is 52.5 Å². The second kappa shape index (κ2) is 21.9. The highest BCUT2D eigenvalue weighted by molar-refractivity contribution is 5.94. The van der Waals surface area contributed by atoms with Crippen molar-refractivity contribution in [3.63, 3.8) is 0 Å². The molecule has 0 bridgehead atoms. The number of halogens is 1. The summed E-state index contributed by atoms with van der Waals surface area (Å²) in [6, 6.07) is 26.2. The van der Waals surface area contributed by atoms with Crippen LogP contribution in [0.2, 0.25) is 0 Å². The number of carbonyl (C=O) groups is 6. The van der Waals surface area contributed by atoms with Crippen molar-refractivity contribution in [1.29, 1.82) is 0 Å². The Morgan fingerprint density at radius 2 is 1.56 bits per heavy atom. The molecule has 3 aromatic heterocycles. The Morgan fingerprint density at radius 3 is 2.31 bits per heavy atom. The van der Waals surface area contributed by atoms with Crippen molar-refractivity contribution in [2.75, 3.05) is 33.0 Å². The van der Waals surface area contributed by atoms with Crippen LogP contribution in [0.4, 0.5) is 9.18 Å². The van der Waals surface area contributed by atoms with E-state index in [1.165, 1.54) is 6.07 Å². The minimum absolute atomic E-state index is 0.0211. The molecule has 0 fully saturated rings. The van der Waals surface area contributed by atoms with Crippen LogP contribution in [0.15, 0.2) is 102 Å². The zero-order valence-corrected chi connectivity index (χ0v) is 43.6. The molecule has 410 valence electrons. The number of fused-ring (bicyclic) bond motifs is 8. The topological polar surface area (TPSA) is 276 Å². The molecule has 0 spiro atoms. The number of carbonyl (C=O) groups excluding carboxylic acids is 6. The number of hydrogen-bond acceptors (Lipinski definition) is 14. The van der Waals surface area contributed by atoms with Crippen LogP contribution in [0.25, 0.3) is 33.4 Å². The highest BCUT2D eigenvalue weighted by Crippen LogP contribution is 2.47. The van der Waals surface area contributed by atoms with E-state index in [-0.39, 0.29) is 63.0 Å². The van der Waals surface area contributed by atoms with Gasteiger partial charge >= 0.3 is 12.1 Å². The normalized spacial score (nSPS) is 16.8. The van der Waals surface area contributed by atoms with Crippen LogP contribution in [-0.2, 0) is 76.4 Å². The molecule has 2 aliphatic heterocycles. The number of rotatable bonds is 18. The van der Waals surface area contributed by atoms with E-state index in [4.69, 9.17) is 19.2 Å². The van der Waals surface area contributed by atoms with Crippen molar-refractivity contribution in [2.45, 2.75) is 82.9 Å². The van der Waals surface area contributed by atoms with E-state index in [1.807, 2.05) is 48.5 Å². The summed E-state index contributed by atoms with van der Waals surface area (Å²) in [6.07, 6.45) is 1.96. The Balaban J connectivity index is 0.670. The van der Waals surface area contributed by atoms with Crippen LogP contribution >= 0.6 is 0 Å². The van der Waals surface area contributed by atoms with Gasteiger partial charge in [0, 0.05) is 34.9 Å². The number of cyclic esters (lactones) is 1. The van der Waals surface area contributed by atoms with Crippen molar-refractivity contribution in [1.82, 2.24) is 51.1 Å². The first kappa shape index (κ1) is 52.9. The number of hydrogen-bond donors (Lipinski definition) is 6. The number of pyridine rings is 2. The summed E-state index contributed by atoms with van der Waals surface area (Å²) in [4.78, 5) is 96.6. The molecule has 5 heterocycles. The lowest BCUT2D eigenvalue weighted by Gasteiger charge is -2.31. The largest absolute Gasteiger partial charge is 0.458 e. The predicted octanol–water partition coefficient (Wildman–Crippen LogP) is 3.74. The fourth-order valence-electron chi connectivity index (χ4n) is 11.3.